The number of hydrogen-bond acceptors (Lipinski definition) is 2. The lowest BCUT2D eigenvalue weighted by Crippen LogP contribution is -1.99. The third-order valence-corrected chi connectivity index (χ3v) is 2.54. The number of carboxylic acid groups (broad SMARTS) is 1. The van der Waals surface area contributed by atoms with Crippen molar-refractivity contribution in [2.45, 2.75) is 27.7 Å². The van der Waals surface area contributed by atoms with Gasteiger partial charge in [0.1, 0.15) is 5.82 Å². The van der Waals surface area contributed by atoms with Crippen LogP contribution in [0.25, 0.3) is 11.4 Å². The summed E-state index contributed by atoms with van der Waals surface area (Å²) in [6, 6.07) is 6.83. The van der Waals surface area contributed by atoms with E-state index in [1.54, 1.807) is 24.3 Å². The van der Waals surface area contributed by atoms with E-state index in [4.69, 9.17) is 5.11 Å². The van der Waals surface area contributed by atoms with Crippen molar-refractivity contribution >= 4 is 5.97 Å². The van der Waals surface area contributed by atoms with Gasteiger partial charge in [0, 0.05) is 11.3 Å². The van der Waals surface area contributed by atoms with Gasteiger partial charge in [0.05, 0.1) is 11.3 Å². The smallest absolute Gasteiger partial charge is 0.336 e. The predicted octanol–water partition coefficient (Wildman–Crippen LogP) is 3.42. The number of aromatic carboxylic acids is 1. The summed E-state index contributed by atoms with van der Waals surface area (Å²) in [5.74, 6) is -0.338. The molecule has 0 amide bonds. The average molecular weight is 246 g/mol. The Morgan fingerprint density at radius 1 is 1.22 bits per heavy atom. The minimum absolute atomic E-state index is 0.260. The Bertz CT molecular complexity index is 525. The summed E-state index contributed by atoms with van der Waals surface area (Å²) < 4.78 is 0. The second kappa shape index (κ2) is 6.00. The number of hydrogen-bond donors (Lipinski definition) is 2. The van der Waals surface area contributed by atoms with Crippen LogP contribution in [0.3, 0.4) is 0 Å². The number of nitrogens with one attached hydrogen (secondary N) is 1. The van der Waals surface area contributed by atoms with Crippen LogP contribution in [0.1, 0.15) is 35.6 Å². The SMILES string of the molecule is CC.Cc1nc(-c2ccccc2C(=O)O)[nH]c1C. The summed E-state index contributed by atoms with van der Waals surface area (Å²) >= 11 is 0. The molecule has 2 rings (SSSR count). The van der Waals surface area contributed by atoms with E-state index in [2.05, 4.69) is 9.97 Å². The Morgan fingerprint density at radius 3 is 2.33 bits per heavy atom. The van der Waals surface area contributed by atoms with E-state index in [1.807, 2.05) is 27.7 Å². The topological polar surface area (TPSA) is 66.0 Å². The van der Waals surface area contributed by atoms with Crippen LogP contribution in [0.15, 0.2) is 24.3 Å². The van der Waals surface area contributed by atoms with E-state index in [0.29, 0.717) is 11.4 Å². The highest BCUT2D eigenvalue weighted by molar-refractivity contribution is 5.94. The van der Waals surface area contributed by atoms with Gasteiger partial charge in [-0.15, -0.1) is 0 Å². The van der Waals surface area contributed by atoms with Crippen LogP contribution in [-0.2, 0) is 0 Å². The minimum Gasteiger partial charge on any atom is -0.478 e. The predicted molar refractivity (Wildman–Crippen MR) is 71.8 cm³/mol. The normalized spacial score (nSPS) is 9.56. The molecule has 4 nitrogen and oxygen atoms in total. The second-order valence-electron chi connectivity index (χ2n) is 3.65. The fourth-order valence-electron chi connectivity index (χ4n) is 1.55. The first-order chi connectivity index (χ1) is 8.59. The van der Waals surface area contributed by atoms with E-state index < -0.39 is 5.97 Å². The van der Waals surface area contributed by atoms with Gasteiger partial charge in [-0.1, -0.05) is 32.0 Å². The molecule has 1 aromatic heterocycles. The Hall–Kier alpha value is -2.10. The molecule has 0 bridgehead atoms. The van der Waals surface area contributed by atoms with Crippen molar-refractivity contribution in [3.63, 3.8) is 0 Å². The molecule has 0 atom stereocenters. The van der Waals surface area contributed by atoms with Crippen LogP contribution in [-0.4, -0.2) is 21.0 Å². The first-order valence-electron chi connectivity index (χ1n) is 5.95. The number of rotatable bonds is 2. The van der Waals surface area contributed by atoms with Gasteiger partial charge in [-0.2, -0.15) is 0 Å². The quantitative estimate of drug-likeness (QED) is 0.853. The summed E-state index contributed by atoms with van der Waals surface area (Å²) in [4.78, 5) is 18.4. The van der Waals surface area contributed by atoms with E-state index in [-0.39, 0.29) is 5.56 Å². The van der Waals surface area contributed by atoms with Crippen LogP contribution in [0.4, 0.5) is 0 Å². The number of benzene rings is 1. The van der Waals surface area contributed by atoms with Crippen LogP contribution in [0.2, 0.25) is 0 Å². The Kier molecular flexibility index (Phi) is 4.66. The lowest BCUT2D eigenvalue weighted by molar-refractivity contribution is 0.0697. The van der Waals surface area contributed by atoms with E-state index in [9.17, 15) is 4.79 Å². The molecule has 0 radical (unpaired) electrons. The highest BCUT2D eigenvalue weighted by Gasteiger charge is 2.13. The fraction of sp³-hybridized carbons (Fsp3) is 0.286. The molecule has 0 fully saturated rings. The lowest BCUT2D eigenvalue weighted by atomic mass is 10.1. The molecule has 1 aromatic carbocycles. The zero-order valence-corrected chi connectivity index (χ0v) is 11.1. The highest BCUT2D eigenvalue weighted by atomic mass is 16.4. The van der Waals surface area contributed by atoms with Gasteiger partial charge in [0.25, 0.3) is 0 Å². The molecule has 1 heterocycles. The van der Waals surface area contributed by atoms with Crippen LogP contribution >= 0.6 is 0 Å². The monoisotopic (exact) mass is 246 g/mol. The number of carboxylic acids is 1. The van der Waals surface area contributed by atoms with Gasteiger partial charge in [-0.05, 0) is 19.9 Å². The van der Waals surface area contributed by atoms with Crippen molar-refractivity contribution in [1.82, 2.24) is 9.97 Å². The Morgan fingerprint density at radius 2 is 1.83 bits per heavy atom. The lowest BCUT2D eigenvalue weighted by Gasteiger charge is -2.01. The Balaban J connectivity index is 0.000000771. The standard InChI is InChI=1S/C12H12N2O2.C2H6/c1-7-8(2)14-11(13-7)9-5-3-4-6-10(9)12(15)16;1-2/h3-6H,1-2H3,(H,13,14)(H,15,16);1-2H3. The van der Waals surface area contributed by atoms with Gasteiger partial charge < -0.3 is 10.1 Å². The zero-order valence-electron chi connectivity index (χ0n) is 11.1. The number of imidazole rings is 1. The van der Waals surface area contributed by atoms with Crippen molar-refractivity contribution in [3.8, 4) is 11.4 Å². The minimum atomic E-state index is -0.942. The second-order valence-corrected chi connectivity index (χ2v) is 3.65. The molecule has 0 spiro atoms. The molecule has 0 aliphatic heterocycles. The number of H-pyrrole nitrogens is 1. The summed E-state index contributed by atoms with van der Waals surface area (Å²) in [6.07, 6.45) is 0. The molecule has 0 saturated carbocycles. The van der Waals surface area contributed by atoms with E-state index in [1.165, 1.54) is 0 Å². The average Bonchev–Trinajstić information content (AvgIpc) is 2.72. The largest absolute Gasteiger partial charge is 0.478 e. The maximum atomic E-state index is 11.0. The molecular weight excluding hydrogens is 228 g/mol. The van der Waals surface area contributed by atoms with Crippen LogP contribution in [0.5, 0.6) is 0 Å². The molecule has 18 heavy (non-hydrogen) atoms. The third kappa shape index (κ3) is 2.77. The molecule has 4 heteroatoms. The molecule has 2 aromatic rings. The molecule has 0 aliphatic carbocycles. The third-order valence-electron chi connectivity index (χ3n) is 2.54. The number of aromatic nitrogens is 2. The van der Waals surface area contributed by atoms with Crippen molar-refractivity contribution in [2.75, 3.05) is 0 Å². The molecule has 0 saturated heterocycles. The van der Waals surface area contributed by atoms with Gasteiger partial charge in [-0.25, -0.2) is 9.78 Å². The molecule has 0 unspecified atom stereocenters. The summed E-state index contributed by atoms with van der Waals surface area (Å²) in [7, 11) is 0. The van der Waals surface area contributed by atoms with Crippen molar-refractivity contribution in [2.24, 2.45) is 0 Å². The molecular formula is C14H18N2O2. The number of carbonyl (C=O) groups is 1. The van der Waals surface area contributed by atoms with Gasteiger partial charge in [0.15, 0.2) is 0 Å². The van der Waals surface area contributed by atoms with Crippen LogP contribution < -0.4 is 0 Å². The first kappa shape index (κ1) is 14.0. The van der Waals surface area contributed by atoms with Gasteiger partial charge in [-0.3, -0.25) is 0 Å². The van der Waals surface area contributed by atoms with Crippen LogP contribution in [0, 0.1) is 13.8 Å². The van der Waals surface area contributed by atoms with Crippen molar-refractivity contribution in [3.05, 3.63) is 41.2 Å². The molecule has 0 aliphatic rings. The number of aryl methyl sites for hydroxylation is 2. The zero-order chi connectivity index (χ0) is 13.7. The fourth-order valence-corrected chi connectivity index (χ4v) is 1.55. The molecule has 96 valence electrons. The first-order valence-corrected chi connectivity index (χ1v) is 5.95. The summed E-state index contributed by atoms with van der Waals surface area (Å²) in [5.41, 5.74) is 2.72. The van der Waals surface area contributed by atoms with Crippen molar-refractivity contribution < 1.29 is 9.90 Å². The summed E-state index contributed by atoms with van der Waals surface area (Å²) in [6.45, 7) is 7.80. The molecule has 2 N–H and O–H groups in total. The number of aromatic amines is 1. The maximum Gasteiger partial charge on any atom is 0.336 e. The highest BCUT2D eigenvalue weighted by Crippen LogP contribution is 2.21. The van der Waals surface area contributed by atoms with Gasteiger partial charge >= 0.3 is 5.97 Å². The van der Waals surface area contributed by atoms with E-state index >= 15 is 0 Å². The van der Waals surface area contributed by atoms with Gasteiger partial charge in [0.2, 0.25) is 0 Å². The Labute approximate surface area is 107 Å². The van der Waals surface area contributed by atoms with Crippen molar-refractivity contribution in [1.29, 1.82) is 0 Å². The summed E-state index contributed by atoms with van der Waals surface area (Å²) in [5, 5.41) is 9.06. The number of nitrogens with zero attached hydrogens (tertiary/aromatic N) is 1. The van der Waals surface area contributed by atoms with E-state index in [0.717, 1.165) is 11.4 Å². The maximum absolute atomic E-state index is 11.0.